The van der Waals surface area contributed by atoms with E-state index in [0.29, 0.717) is 17.9 Å². The Bertz CT molecular complexity index is 828. The first-order chi connectivity index (χ1) is 11.4. The van der Waals surface area contributed by atoms with Crippen molar-refractivity contribution in [2.24, 2.45) is 0 Å². The van der Waals surface area contributed by atoms with E-state index in [1.54, 1.807) is 0 Å². The third kappa shape index (κ3) is 4.92. The fraction of sp³-hybridized carbons (Fsp3) is 0.118. The van der Waals surface area contributed by atoms with Gasteiger partial charge in [0.05, 0.1) is 11.5 Å². The number of carbonyl (C=O) groups is 1. The van der Waals surface area contributed by atoms with E-state index in [2.05, 4.69) is 0 Å². The van der Waals surface area contributed by atoms with Gasteiger partial charge < -0.3 is 4.74 Å². The van der Waals surface area contributed by atoms with Gasteiger partial charge in [-0.1, -0.05) is 12.1 Å². The Labute approximate surface area is 139 Å². The summed E-state index contributed by atoms with van der Waals surface area (Å²) in [6, 6.07) is 11.2. The highest BCUT2D eigenvalue weighted by molar-refractivity contribution is 7.90. The van der Waals surface area contributed by atoms with Crippen molar-refractivity contribution in [2.45, 2.75) is 11.8 Å². The molecule has 0 aromatic heterocycles. The molecule has 2 aromatic rings. The van der Waals surface area contributed by atoms with Gasteiger partial charge in [-0.15, -0.1) is 0 Å². The Morgan fingerprint density at radius 3 is 2.33 bits per heavy atom. The molecule has 5 nitrogen and oxygen atoms in total. The number of carbonyl (C=O) groups excluding carboxylic acids is 1. The van der Waals surface area contributed by atoms with Gasteiger partial charge in [0.2, 0.25) is 0 Å². The fourth-order valence-electron chi connectivity index (χ4n) is 1.85. The number of hydrogen-bond acceptors (Lipinski definition) is 4. The second-order valence-electron chi connectivity index (χ2n) is 4.76. The summed E-state index contributed by atoms with van der Waals surface area (Å²) in [5, 5.41) is 0. The van der Waals surface area contributed by atoms with E-state index in [0.717, 1.165) is 6.08 Å². The molecule has 0 bridgehead atoms. The van der Waals surface area contributed by atoms with E-state index >= 15 is 0 Å². The lowest BCUT2D eigenvalue weighted by atomic mass is 10.2. The van der Waals surface area contributed by atoms with Crippen LogP contribution >= 0.6 is 0 Å². The van der Waals surface area contributed by atoms with Crippen LogP contribution in [-0.4, -0.2) is 20.9 Å². The highest BCUT2D eigenvalue weighted by Gasteiger charge is 2.16. The van der Waals surface area contributed by atoms with Crippen LogP contribution in [-0.2, 0) is 14.8 Å². The molecule has 0 fully saturated rings. The summed E-state index contributed by atoms with van der Waals surface area (Å²) in [6.45, 7) is 2.29. The van der Waals surface area contributed by atoms with Gasteiger partial charge in [0.15, 0.2) is 0 Å². The monoisotopic (exact) mass is 349 g/mol. The van der Waals surface area contributed by atoms with Crippen molar-refractivity contribution >= 4 is 22.0 Å². The van der Waals surface area contributed by atoms with Crippen LogP contribution in [0.15, 0.2) is 59.5 Å². The van der Waals surface area contributed by atoms with Crippen molar-refractivity contribution in [2.75, 3.05) is 6.61 Å². The maximum absolute atomic E-state index is 12.8. The molecule has 1 N–H and O–H groups in total. The lowest BCUT2D eigenvalue weighted by molar-refractivity contribution is -0.114. The average Bonchev–Trinajstić information content (AvgIpc) is 2.55. The zero-order chi connectivity index (χ0) is 17.6. The van der Waals surface area contributed by atoms with E-state index in [-0.39, 0.29) is 4.90 Å². The summed E-state index contributed by atoms with van der Waals surface area (Å²) in [5.74, 6) is -0.651. The number of amides is 1. The summed E-state index contributed by atoms with van der Waals surface area (Å²) in [4.78, 5) is 11.7. The first kappa shape index (κ1) is 17.7. The molecule has 0 aliphatic carbocycles. The lowest BCUT2D eigenvalue weighted by Crippen LogP contribution is -2.28. The maximum atomic E-state index is 12.8. The molecule has 0 saturated heterocycles. The average molecular weight is 349 g/mol. The topological polar surface area (TPSA) is 72.5 Å². The predicted molar refractivity (Wildman–Crippen MR) is 88.4 cm³/mol. The van der Waals surface area contributed by atoms with Gasteiger partial charge in [0.1, 0.15) is 11.6 Å². The Morgan fingerprint density at radius 2 is 1.75 bits per heavy atom. The molecule has 126 valence electrons. The molecular weight excluding hydrogens is 333 g/mol. The van der Waals surface area contributed by atoms with Gasteiger partial charge in [-0.3, -0.25) is 4.79 Å². The number of hydrogen-bond donors (Lipinski definition) is 1. The van der Waals surface area contributed by atoms with Crippen LogP contribution in [0, 0.1) is 5.82 Å². The number of nitrogens with one attached hydrogen (secondary N) is 1. The van der Waals surface area contributed by atoms with Gasteiger partial charge in [-0.2, -0.15) is 0 Å². The molecule has 2 aromatic carbocycles. The molecule has 0 heterocycles. The van der Waals surface area contributed by atoms with Gasteiger partial charge >= 0.3 is 0 Å². The van der Waals surface area contributed by atoms with Crippen molar-refractivity contribution in [3.8, 4) is 5.75 Å². The van der Waals surface area contributed by atoms with E-state index in [9.17, 15) is 17.6 Å². The number of sulfonamides is 1. The molecule has 2 rings (SSSR count). The SMILES string of the molecule is CCOc1ccc(S(=O)(=O)NC(=O)/C=C/c2ccc(F)cc2)cc1. The molecule has 0 aliphatic heterocycles. The molecule has 0 spiro atoms. The first-order valence-corrected chi connectivity index (χ1v) is 8.62. The summed E-state index contributed by atoms with van der Waals surface area (Å²) in [7, 11) is -3.97. The molecule has 1 amide bonds. The summed E-state index contributed by atoms with van der Waals surface area (Å²) >= 11 is 0. The van der Waals surface area contributed by atoms with Gasteiger partial charge in [0.25, 0.3) is 15.9 Å². The quantitative estimate of drug-likeness (QED) is 0.814. The second kappa shape index (κ2) is 7.74. The smallest absolute Gasteiger partial charge is 0.264 e. The van der Waals surface area contributed by atoms with Crippen molar-refractivity contribution in [3.05, 3.63) is 66.0 Å². The number of ether oxygens (including phenoxy) is 1. The normalized spacial score (nSPS) is 11.4. The van der Waals surface area contributed by atoms with Gasteiger partial charge in [0, 0.05) is 6.08 Å². The Balaban J connectivity index is 2.04. The Hall–Kier alpha value is -2.67. The maximum Gasteiger partial charge on any atom is 0.264 e. The standard InChI is InChI=1S/C17H16FNO4S/c1-2-23-15-8-10-16(11-9-15)24(21,22)19-17(20)12-5-13-3-6-14(18)7-4-13/h3-12H,2H2,1H3,(H,19,20)/b12-5+. The first-order valence-electron chi connectivity index (χ1n) is 7.14. The molecule has 0 saturated carbocycles. The zero-order valence-corrected chi connectivity index (χ0v) is 13.7. The van der Waals surface area contributed by atoms with E-state index in [1.165, 1.54) is 54.6 Å². The van der Waals surface area contributed by atoms with Gasteiger partial charge in [-0.25, -0.2) is 17.5 Å². The molecule has 0 aliphatic rings. The lowest BCUT2D eigenvalue weighted by Gasteiger charge is -2.06. The van der Waals surface area contributed by atoms with Crippen LogP contribution < -0.4 is 9.46 Å². The minimum absolute atomic E-state index is 0.0468. The fourth-order valence-corrected chi connectivity index (χ4v) is 2.80. The zero-order valence-electron chi connectivity index (χ0n) is 12.9. The molecule has 24 heavy (non-hydrogen) atoms. The van der Waals surface area contributed by atoms with Crippen LogP contribution in [0.25, 0.3) is 6.08 Å². The second-order valence-corrected chi connectivity index (χ2v) is 6.44. The predicted octanol–water partition coefficient (Wildman–Crippen LogP) is 2.74. The number of halogens is 1. The third-order valence-corrected chi connectivity index (χ3v) is 4.34. The highest BCUT2D eigenvalue weighted by atomic mass is 32.2. The summed E-state index contributed by atoms with van der Waals surface area (Å²) < 4.78 is 44.2. The van der Waals surface area contributed by atoms with Crippen LogP contribution in [0.2, 0.25) is 0 Å². The number of benzene rings is 2. The highest BCUT2D eigenvalue weighted by Crippen LogP contribution is 2.15. The Kier molecular flexibility index (Phi) is 5.70. The third-order valence-electron chi connectivity index (χ3n) is 2.98. The minimum atomic E-state index is -3.97. The van der Waals surface area contributed by atoms with E-state index in [4.69, 9.17) is 4.74 Å². The Morgan fingerprint density at radius 1 is 1.12 bits per heavy atom. The van der Waals surface area contributed by atoms with Crippen LogP contribution in [0.5, 0.6) is 5.75 Å². The van der Waals surface area contributed by atoms with Crippen molar-refractivity contribution < 1.29 is 22.3 Å². The van der Waals surface area contributed by atoms with Crippen molar-refractivity contribution in [1.82, 2.24) is 4.72 Å². The van der Waals surface area contributed by atoms with E-state index in [1.807, 2.05) is 11.6 Å². The van der Waals surface area contributed by atoms with Gasteiger partial charge in [-0.05, 0) is 55.0 Å². The summed E-state index contributed by atoms with van der Waals surface area (Å²) in [6.07, 6.45) is 2.46. The van der Waals surface area contributed by atoms with Crippen molar-refractivity contribution in [1.29, 1.82) is 0 Å². The molecule has 0 unspecified atom stereocenters. The minimum Gasteiger partial charge on any atom is -0.494 e. The summed E-state index contributed by atoms with van der Waals surface area (Å²) in [5.41, 5.74) is 0.574. The molecule has 0 radical (unpaired) electrons. The number of rotatable bonds is 6. The van der Waals surface area contributed by atoms with Crippen LogP contribution in [0.1, 0.15) is 12.5 Å². The largest absolute Gasteiger partial charge is 0.494 e. The van der Waals surface area contributed by atoms with Crippen molar-refractivity contribution in [3.63, 3.8) is 0 Å². The van der Waals surface area contributed by atoms with E-state index < -0.39 is 21.7 Å². The molecule has 0 atom stereocenters. The molecular formula is C17H16FNO4S. The van der Waals surface area contributed by atoms with Crippen LogP contribution in [0.4, 0.5) is 4.39 Å². The van der Waals surface area contributed by atoms with Crippen LogP contribution in [0.3, 0.4) is 0 Å². The molecule has 7 heteroatoms.